The molecule has 1 heterocycles. The highest BCUT2D eigenvalue weighted by Crippen LogP contribution is 2.43. The monoisotopic (exact) mass is 292 g/mol. The van der Waals surface area contributed by atoms with Crippen molar-refractivity contribution in [2.24, 2.45) is 5.41 Å². The van der Waals surface area contributed by atoms with Crippen molar-refractivity contribution in [3.63, 3.8) is 0 Å². The van der Waals surface area contributed by atoms with Crippen molar-refractivity contribution in [2.45, 2.75) is 57.3 Å². The Labute approximate surface area is 125 Å². The topological polar surface area (TPSA) is 83.0 Å². The van der Waals surface area contributed by atoms with E-state index in [0.717, 1.165) is 50.8 Å². The van der Waals surface area contributed by atoms with E-state index in [0.29, 0.717) is 12.5 Å². The molecule has 21 heavy (non-hydrogen) atoms. The summed E-state index contributed by atoms with van der Waals surface area (Å²) in [6.07, 6.45) is 8.11. The molecule has 116 valence electrons. The highest BCUT2D eigenvalue weighted by Gasteiger charge is 2.43. The number of nitrogen functional groups attached to an aromatic ring is 1. The summed E-state index contributed by atoms with van der Waals surface area (Å²) < 4.78 is 6.54. The number of carbonyl (C=O) groups is 1. The van der Waals surface area contributed by atoms with Crippen molar-refractivity contribution >= 4 is 11.9 Å². The number of nitrogens with two attached hydrogens (primary N) is 1. The summed E-state index contributed by atoms with van der Waals surface area (Å²) in [7, 11) is 1.67. The van der Waals surface area contributed by atoms with Gasteiger partial charge in [-0.2, -0.15) is 9.67 Å². The molecule has 2 N–H and O–H groups in total. The lowest BCUT2D eigenvalue weighted by molar-refractivity contribution is 0.0602. The fourth-order valence-electron chi connectivity index (χ4n) is 3.47. The van der Waals surface area contributed by atoms with Crippen LogP contribution < -0.4 is 5.73 Å². The number of rotatable bonds is 5. The van der Waals surface area contributed by atoms with E-state index in [4.69, 9.17) is 10.5 Å². The summed E-state index contributed by atoms with van der Waals surface area (Å²) in [6, 6.07) is 0. The molecule has 0 aliphatic heterocycles. The Morgan fingerprint density at radius 1 is 1.38 bits per heavy atom. The molecule has 1 aromatic rings. The highest BCUT2D eigenvalue weighted by atomic mass is 16.5. The van der Waals surface area contributed by atoms with Crippen LogP contribution in [0.4, 0.5) is 5.95 Å². The molecule has 2 aliphatic rings. The molecule has 6 nitrogen and oxygen atoms in total. The lowest BCUT2D eigenvalue weighted by Gasteiger charge is -2.26. The summed E-state index contributed by atoms with van der Waals surface area (Å²) in [6.45, 7) is 0.593. The van der Waals surface area contributed by atoms with Crippen molar-refractivity contribution in [1.82, 2.24) is 14.8 Å². The number of hydrogen-bond donors (Lipinski definition) is 1. The molecule has 0 atom stereocenters. The van der Waals surface area contributed by atoms with E-state index in [1.165, 1.54) is 11.1 Å². The molecule has 0 bridgehead atoms. The minimum atomic E-state index is -0.366. The zero-order valence-electron chi connectivity index (χ0n) is 12.7. The molecule has 3 rings (SSSR count). The van der Waals surface area contributed by atoms with Gasteiger partial charge >= 0.3 is 0 Å². The van der Waals surface area contributed by atoms with E-state index >= 15 is 0 Å². The van der Waals surface area contributed by atoms with Gasteiger partial charge in [0.2, 0.25) is 5.95 Å². The van der Waals surface area contributed by atoms with Crippen molar-refractivity contribution in [3.05, 3.63) is 5.82 Å². The normalized spacial score (nSPS) is 21.4. The van der Waals surface area contributed by atoms with Gasteiger partial charge < -0.3 is 10.5 Å². The summed E-state index contributed by atoms with van der Waals surface area (Å²) in [4.78, 5) is 17.3. The molecule has 0 aromatic carbocycles. The number of carbonyl (C=O) groups excluding carboxylic acids is 1. The predicted molar refractivity (Wildman–Crippen MR) is 79.0 cm³/mol. The van der Waals surface area contributed by atoms with Crippen molar-refractivity contribution in [3.8, 4) is 0 Å². The zero-order chi connectivity index (χ0) is 14.9. The van der Waals surface area contributed by atoms with Gasteiger partial charge in [0.25, 0.3) is 5.91 Å². The van der Waals surface area contributed by atoms with E-state index < -0.39 is 0 Å². The molecule has 0 unspecified atom stereocenters. The van der Waals surface area contributed by atoms with Gasteiger partial charge in [0.05, 0.1) is 5.41 Å². The lowest BCUT2D eigenvalue weighted by Crippen LogP contribution is -2.35. The average Bonchev–Trinajstić information content (AvgIpc) is 3.02. The third kappa shape index (κ3) is 2.57. The van der Waals surface area contributed by atoms with Crippen LogP contribution in [0.5, 0.6) is 0 Å². The largest absolute Gasteiger partial charge is 0.385 e. The second-order valence-electron chi connectivity index (χ2n) is 6.40. The first-order valence-corrected chi connectivity index (χ1v) is 7.92. The molecule has 6 heteroatoms. The van der Waals surface area contributed by atoms with Gasteiger partial charge in [-0.05, 0) is 32.1 Å². The Morgan fingerprint density at radius 3 is 2.67 bits per heavy atom. The maximum Gasteiger partial charge on any atom is 0.256 e. The van der Waals surface area contributed by atoms with Crippen LogP contribution in [-0.2, 0) is 4.74 Å². The van der Waals surface area contributed by atoms with Gasteiger partial charge in [-0.3, -0.25) is 4.79 Å². The third-order valence-corrected chi connectivity index (χ3v) is 5.11. The number of aromatic nitrogens is 3. The van der Waals surface area contributed by atoms with E-state index in [1.54, 1.807) is 7.11 Å². The van der Waals surface area contributed by atoms with Crippen molar-refractivity contribution < 1.29 is 9.53 Å². The van der Waals surface area contributed by atoms with Crippen LogP contribution >= 0.6 is 0 Å². The minimum Gasteiger partial charge on any atom is -0.385 e. The second kappa shape index (κ2) is 5.75. The number of ether oxygens (including phenoxy) is 1. The molecule has 2 fully saturated rings. The van der Waals surface area contributed by atoms with E-state index in [9.17, 15) is 4.79 Å². The van der Waals surface area contributed by atoms with E-state index in [-0.39, 0.29) is 17.3 Å². The Hall–Kier alpha value is -1.43. The first-order chi connectivity index (χ1) is 10.2. The smallest absolute Gasteiger partial charge is 0.256 e. The quantitative estimate of drug-likeness (QED) is 0.900. The average molecular weight is 292 g/mol. The molecule has 2 saturated carbocycles. The first kappa shape index (κ1) is 14.5. The first-order valence-electron chi connectivity index (χ1n) is 7.92. The van der Waals surface area contributed by atoms with Gasteiger partial charge in [-0.25, -0.2) is 0 Å². The lowest BCUT2D eigenvalue weighted by atomic mass is 9.82. The van der Waals surface area contributed by atoms with Crippen LogP contribution in [0.25, 0.3) is 0 Å². The standard InChI is InChI=1S/C15H24N4O2/c1-21-10-9-15(7-2-3-8-15)13(20)19-14(16)17-12(18-19)11-5-4-6-11/h11H,2-10H2,1H3,(H2,16,17,18). The Morgan fingerprint density at radius 2 is 2.10 bits per heavy atom. The van der Waals surface area contributed by atoms with Gasteiger partial charge in [-0.15, -0.1) is 5.10 Å². The third-order valence-electron chi connectivity index (χ3n) is 5.11. The van der Waals surface area contributed by atoms with Crippen LogP contribution in [0.2, 0.25) is 0 Å². The Balaban J connectivity index is 1.83. The van der Waals surface area contributed by atoms with Crippen LogP contribution in [0, 0.1) is 5.41 Å². The van der Waals surface area contributed by atoms with Gasteiger partial charge in [0, 0.05) is 19.6 Å². The fraction of sp³-hybridized carbons (Fsp3) is 0.800. The van der Waals surface area contributed by atoms with Crippen molar-refractivity contribution in [2.75, 3.05) is 19.5 Å². The van der Waals surface area contributed by atoms with Crippen LogP contribution in [0.15, 0.2) is 0 Å². The maximum absolute atomic E-state index is 13.0. The second-order valence-corrected chi connectivity index (χ2v) is 6.40. The minimum absolute atomic E-state index is 0.00706. The predicted octanol–water partition coefficient (Wildman–Crippen LogP) is 2.36. The number of hydrogen-bond acceptors (Lipinski definition) is 5. The number of methoxy groups -OCH3 is 1. The SMILES string of the molecule is COCCC1(C(=O)n2nc(C3CCC3)nc2N)CCCC1. The van der Waals surface area contributed by atoms with Gasteiger partial charge in [0.15, 0.2) is 5.82 Å². The summed E-state index contributed by atoms with van der Waals surface area (Å²) in [5.41, 5.74) is 5.58. The molecular weight excluding hydrogens is 268 g/mol. The molecule has 2 aliphatic carbocycles. The zero-order valence-corrected chi connectivity index (χ0v) is 12.7. The van der Waals surface area contributed by atoms with Crippen LogP contribution in [0.1, 0.15) is 67.9 Å². The summed E-state index contributed by atoms with van der Waals surface area (Å²) in [5, 5.41) is 4.42. The van der Waals surface area contributed by atoms with Crippen molar-refractivity contribution in [1.29, 1.82) is 0 Å². The Kier molecular flexibility index (Phi) is 3.97. The number of anilines is 1. The molecule has 0 saturated heterocycles. The van der Waals surface area contributed by atoms with E-state index in [1.807, 2.05) is 0 Å². The maximum atomic E-state index is 13.0. The van der Waals surface area contributed by atoms with Crippen LogP contribution in [0.3, 0.4) is 0 Å². The molecule has 1 aromatic heterocycles. The van der Waals surface area contributed by atoms with E-state index in [2.05, 4.69) is 10.1 Å². The molecule has 0 amide bonds. The molecule has 0 radical (unpaired) electrons. The summed E-state index contributed by atoms with van der Waals surface area (Å²) >= 11 is 0. The van der Waals surface area contributed by atoms with Gasteiger partial charge in [-0.1, -0.05) is 19.3 Å². The Bertz CT molecular complexity index is 516. The summed E-state index contributed by atoms with van der Waals surface area (Å²) in [5.74, 6) is 1.38. The fourth-order valence-corrected chi connectivity index (χ4v) is 3.47. The highest BCUT2D eigenvalue weighted by molar-refractivity contribution is 5.86. The van der Waals surface area contributed by atoms with Crippen LogP contribution in [-0.4, -0.2) is 34.4 Å². The number of nitrogens with zero attached hydrogens (tertiary/aromatic N) is 3. The molecular formula is C15H24N4O2. The molecule has 0 spiro atoms. The van der Waals surface area contributed by atoms with Gasteiger partial charge in [0.1, 0.15) is 0 Å².